The van der Waals surface area contributed by atoms with E-state index in [-0.39, 0.29) is 36.3 Å². The Labute approximate surface area is 157 Å². The van der Waals surface area contributed by atoms with Gasteiger partial charge in [0.2, 0.25) is 0 Å². The van der Waals surface area contributed by atoms with Gasteiger partial charge < -0.3 is 5.11 Å². The molecule has 0 bridgehead atoms. The molecule has 0 fully saturated rings. The van der Waals surface area contributed by atoms with E-state index in [0.29, 0.717) is 17.0 Å². The molecule has 144 valence electrons. The number of carboxylic acids is 1. The lowest BCUT2D eigenvalue weighted by Gasteiger charge is -2.11. The zero-order valence-corrected chi connectivity index (χ0v) is 14.5. The van der Waals surface area contributed by atoms with E-state index in [0.717, 1.165) is 12.1 Å². The van der Waals surface area contributed by atoms with Crippen LogP contribution >= 0.6 is 0 Å². The van der Waals surface area contributed by atoms with Crippen LogP contribution in [0.25, 0.3) is 23.1 Å². The molecule has 1 aromatic heterocycles. The van der Waals surface area contributed by atoms with Gasteiger partial charge in [0.05, 0.1) is 10.9 Å². The first kappa shape index (κ1) is 19.3. The molecule has 8 heteroatoms. The number of rotatable bonds is 6. The van der Waals surface area contributed by atoms with Gasteiger partial charge in [0.1, 0.15) is 11.6 Å². The summed E-state index contributed by atoms with van der Waals surface area (Å²) in [6.07, 6.45) is 2.42. The van der Waals surface area contributed by atoms with Gasteiger partial charge in [0, 0.05) is 24.6 Å². The van der Waals surface area contributed by atoms with Gasteiger partial charge in [-0.25, -0.2) is 18.2 Å². The predicted molar refractivity (Wildman–Crippen MR) is 98.1 cm³/mol. The molecule has 3 rings (SSSR count). The lowest BCUT2D eigenvalue weighted by molar-refractivity contribution is -0.137. The Hall–Kier alpha value is -3.42. The minimum atomic E-state index is -1.33. The van der Waals surface area contributed by atoms with Crippen molar-refractivity contribution >= 4 is 29.0 Å². The number of carboxylic acid groups (broad SMARTS) is 1. The summed E-state index contributed by atoms with van der Waals surface area (Å²) in [6.45, 7) is 0.0721. The highest BCUT2D eigenvalue weighted by atomic mass is 19.2. The summed E-state index contributed by atoms with van der Waals surface area (Å²) in [5.74, 6) is -4.37. The number of halogens is 3. The lowest BCUT2D eigenvalue weighted by Crippen LogP contribution is -2.24. The number of hydrogen-bond donors (Lipinski definition) is 1. The molecule has 0 aliphatic heterocycles. The van der Waals surface area contributed by atoms with E-state index in [4.69, 9.17) is 5.11 Å². The Bertz CT molecular complexity index is 1140. The van der Waals surface area contributed by atoms with E-state index in [9.17, 15) is 22.8 Å². The molecule has 0 atom stereocenters. The second-order valence-electron chi connectivity index (χ2n) is 6.07. The number of hydrogen-bond acceptors (Lipinski definition) is 3. The fraction of sp³-hybridized carbons (Fsp3) is 0.150. The highest BCUT2D eigenvalue weighted by molar-refractivity contribution is 5.79. The molecule has 0 radical (unpaired) electrons. The molecule has 0 aliphatic rings. The minimum absolute atomic E-state index is 0.0721. The molecule has 0 saturated carbocycles. The Morgan fingerprint density at radius 2 is 1.89 bits per heavy atom. The normalized spacial score (nSPS) is 11.4. The van der Waals surface area contributed by atoms with Crippen molar-refractivity contribution < 1.29 is 23.1 Å². The summed E-state index contributed by atoms with van der Waals surface area (Å²) < 4.78 is 41.9. The quantitative estimate of drug-likeness (QED) is 0.651. The molecule has 0 spiro atoms. The fourth-order valence-electron chi connectivity index (χ4n) is 2.78. The van der Waals surface area contributed by atoms with Crippen molar-refractivity contribution in [2.75, 3.05) is 0 Å². The number of para-hydroxylation sites is 1. The van der Waals surface area contributed by atoms with Gasteiger partial charge in [0.25, 0.3) is 5.56 Å². The van der Waals surface area contributed by atoms with E-state index in [2.05, 4.69) is 4.98 Å². The van der Waals surface area contributed by atoms with Crippen LogP contribution in [0.1, 0.15) is 24.2 Å². The van der Waals surface area contributed by atoms with Crippen LogP contribution in [0.5, 0.6) is 0 Å². The smallest absolute Gasteiger partial charge is 0.303 e. The summed E-state index contributed by atoms with van der Waals surface area (Å²) >= 11 is 0. The number of fused-ring (bicyclic) bond motifs is 1. The predicted octanol–water partition coefficient (Wildman–Crippen LogP) is 3.85. The largest absolute Gasteiger partial charge is 0.481 e. The minimum Gasteiger partial charge on any atom is -0.481 e. The molecular formula is C20H15F3N2O3. The van der Waals surface area contributed by atoms with Crippen LogP contribution < -0.4 is 5.56 Å². The average Bonchev–Trinajstić information content (AvgIpc) is 2.65. The van der Waals surface area contributed by atoms with Crippen molar-refractivity contribution in [3.8, 4) is 0 Å². The van der Waals surface area contributed by atoms with Crippen LogP contribution in [0.4, 0.5) is 13.2 Å². The summed E-state index contributed by atoms with van der Waals surface area (Å²) in [5.41, 5.74) is -0.328. The molecule has 3 aromatic rings. The zero-order chi connectivity index (χ0) is 20.3. The standard InChI is InChI=1S/C20H15F3N2O3/c21-13-10-12(19(23)15(22)11-13)7-8-17-24-16-5-2-1-4-14(16)20(28)25(17)9-3-6-18(26)27/h1-2,4-5,7-8,10-11H,3,6,9H2,(H,26,27)/b8-7+. The van der Waals surface area contributed by atoms with Crippen molar-refractivity contribution in [1.82, 2.24) is 9.55 Å². The van der Waals surface area contributed by atoms with Crippen LogP contribution in [-0.2, 0) is 11.3 Å². The van der Waals surface area contributed by atoms with Gasteiger partial charge in [0.15, 0.2) is 11.6 Å². The van der Waals surface area contributed by atoms with Crippen molar-refractivity contribution in [3.05, 3.63) is 75.6 Å². The monoisotopic (exact) mass is 388 g/mol. The summed E-state index contributed by atoms with van der Waals surface area (Å²) in [7, 11) is 0. The zero-order valence-electron chi connectivity index (χ0n) is 14.5. The van der Waals surface area contributed by atoms with E-state index in [1.165, 1.54) is 10.6 Å². The van der Waals surface area contributed by atoms with Gasteiger partial charge in [-0.05, 0) is 36.8 Å². The van der Waals surface area contributed by atoms with E-state index >= 15 is 0 Å². The topological polar surface area (TPSA) is 72.2 Å². The maximum absolute atomic E-state index is 13.9. The molecule has 2 aromatic carbocycles. The number of aromatic nitrogens is 2. The second-order valence-corrected chi connectivity index (χ2v) is 6.07. The lowest BCUT2D eigenvalue weighted by atomic mass is 10.1. The summed E-state index contributed by atoms with van der Waals surface area (Å²) in [6, 6.07) is 7.84. The first-order valence-corrected chi connectivity index (χ1v) is 8.41. The third-order valence-corrected chi connectivity index (χ3v) is 4.10. The SMILES string of the molecule is O=C(O)CCCn1c(/C=C/c2cc(F)cc(F)c2F)nc2ccccc2c1=O. The van der Waals surface area contributed by atoms with Crippen LogP contribution in [0.15, 0.2) is 41.2 Å². The maximum atomic E-state index is 13.9. The van der Waals surface area contributed by atoms with Gasteiger partial charge >= 0.3 is 5.97 Å². The molecule has 0 aliphatic carbocycles. The molecule has 1 heterocycles. The molecular weight excluding hydrogens is 373 g/mol. The number of carbonyl (C=O) groups is 1. The highest BCUT2D eigenvalue weighted by Gasteiger charge is 2.12. The van der Waals surface area contributed by atoms with E-state index in [1.54, 1.807) is 24.3 Å². The summed E-state index contributed by atoms with van der Waals surface area (Å²) in [5, 5.41) is 9.15. The molecule has 0 amide bonds. The van der Waals surface area contributed by atoms with Gasteiger partial charge in [-0.1, -0.05) is 12.1 Å². The van der Waals surface area contributed by atoms with Gasteiger partial charge in [-0.2, -0.15) is 0 Å². The van der Waals surface area contributed by atoms with E-state index < -0.39 is 23.4 Å². The van der Waals surface area contributed by atoms with Crippen LogP contribution in [0, 0.1) is 17.5 Å². The molecule has 1 N–H and O–H groups in total. The molecule has 28 heavy (non-hydrogen) atoms. The number of aliphatic carboxylic acids is 1. The Balaban J connectivity index is 2.08. The molecule has 5 nitrogen and oxygen atoms in total. The molecule has 0 unspecified atom stereocenters. The van der Waals surface area contributed by atoms with Crippen molar-refractivity contribution in [2.45, 2.75) is 19.4 Å². The van der Waals surface area contributed by atoms with Crippen LogP contribution in [0.3, 0.4) is 0 Å². The van der Waals surface area contributed by atoms with Crippen molar-refractivity contribution in [2.24, 2.45) is 0 Å². The summed E-state index contributed by atoms with van der Waals surface area (Å²) in [4.78, 5) is 27.9. The highest BCUT2D eigenvalue weighted by Crippen LogP contribution is 2.17. The number of nitrogens with zero attached hydrogens (tertiary/aromatic N) is 2. The maximum Gasteiger partial charge on any atom is 0.303 e. The number of benzene rings is 2. The second kappa shape index (κ2) is 8.08. The first-order chi connectivity index (χ1) is 13.4. The van der Waals surface area contributed by atoms with E-state index in [1.807, 2.05) is 0 Å². The van der Waals surface area contributed by atoms with Gasteiger partial charge in [-0.3, -0.25) is 14.2 Å². The Morgan fingerprint density at radius 3 is 2.64 bits per heavy atom. The van der Waals surface area contributed by atoms with Crippen LogP contribution in [0.2, 0.25) is 0 Å². The third-order valence-electron chi connectivity index (χ3n) is 4.10. The third kappa shape index (κ3) is 4.11. The molecule has 0 saturated heterocycles. The van der Waals surface area contributed by atoms with Crippen molar-refractivity contribution in [1.29, 1.82) is 0 Å². The average molecular weight is 388 g/mol. The Morgan fingerprint density at radius 1 is 1.14 bits per heavy atom. The van der Waals surface area contributed by atoms with Crippen LogP contribution in [-0.4, -0.2) is 20.6 Å². The fourth-order valence-corrected chi connectivity index (χ4v) is 2.78. The van der Waals surface area contributed by atoms with Crippen molar-refractivity contribution in [3.63, 3.8) is 0 Å². The van der Waals surface area contributed by atoms with Gasteiger partial charge in [-0.15, -0.1) is 0 Å². The Kier molecular flexibility index (Phi) is 5.58. The first-order valence-electron chi connectivity index (χ1n) is 8.41.